The molecule has 2 atom stereocenters. The monoisotopic (exact) mass is 219 g/mol. The summed E-state index contributed by atoms with van der Waals surface area (Å²) in [6.07, 6.45) is 2.95. The Bertz CT molecular complexity index is 372. The normalized spacial score (nSPS) is 24.4. The van der Waals surface area contributed by atoms with Gasteiger partial charge in [0.05, 0.1) is 7.11 Å². The first-order valence-corrected chi connectivity index (χ1v) is 5.66. The average molecular weight is 219 g/mol. The van der Waals surface area contributed by atoms with Crippen molar-refractivity contribution in [2.24, 2.45) is 11.7 Å². The minimum Gasteiger partial charge on any atom is -0.497 e. The number of carbonyl (C=O) groups is 1. The Morgan fingerprint density at radius 2 is 2.00 bits per heavy atom. The van der Waals surface area contributed by atoms with E-state index in [9.17, 15) is 4.79 Å². The lowest BCUT2D eigenvalue weighted by molar-refractivity contribution is 0.0913. The molecule has 1 aliphatic carbocycles. The second-order valence-electron chi connectivity index (χ2n) is 4.29. The molecule has 0 aromatic heterocycles. The Kier molecular flexibility index (Phi) is 3.25. The van der Waals surface area contributed by atoms with E-state index >= 15 is 0 Å². The van der Waals surface area contributed by atoms with Crippen LogP contribution in [0.1, 0.15) is 29.6 Å². The molecule has 0 amide bonds. The molecule has 2 rings (SSSR count). The van der Waals surface area contributed by atoms with Gasteiger partial charge in [-0.1, -0.05) is 6.42 Å². The van der Waals surface area contributed by atoms with E-state index in [4.69, 9.17) is 10.5 Å². The third-order valence-electron chi connectivity index (χ3n) is 3.28. The summed E-state index contributed by atoms with van der Waals surface area (Å²) < 4.78 is 5.06. The summed E-state index contributed by atoms with van der Waals surface area (Å²) in [6.45, 7) is 0. The highest BCUT2D eigenvalue weighted by atomic mass is 16.5. The van der Waals surface area contributed by atoms with E-state index in [1.807, 2.05) is 24.3 Å². The summed E-state index contributed by atoms with van der Waals surface area (Å²) in [5, 5.41) is 0. The van der Waals surface area contributed by atoms with Crippen LogP contribution in [0.25, 0.3) is 0 Å². The van der Waals surface area contributed by atoms with Gasteiger partial charge >= 0.3 is 0 Å². The molecule has 0 saturated heterocycles. The Morgan fingerprint density at radius 1 is 1.31 bits per heavy atom. The molecule has 0 heterocycles. The molecule has 2 N–H and O–H groups in total. The number of rotatable bonds is 3. The van der Waals surface area contributed by atoms with Crippen molar-refractivity contribution in [1.82, 2.24) is 0 Å². The predicted octanol–water partition coefficient (Wildman–Crippen LogP) is 2.01. The van der Waals surface area contributed by atoms with Crippen LogP contribution < -0.4 is 10.5 Å². The van der Waals surface area contributed by atoms with Crippen molar-refractivity contribution in [3.05, 3.63) is 29.8 Å². The fourth-order valence-corrected chi connectivity index (χ4v) is 2.28. The smallest absolute Gasteiger partial charge is 0.167 e. The van der Waals surface area contributed by atoms with Crippen molar-refractivity contribution >= 4 is 5.78 Å². The van der Waals surface area contributed by atoms with Gasteiger partial charge in [-0.05, 0) is 37.1 Å². The van der Waals surface area contributed by atoms with E-state index in [1.54, 1.807) is 7.11 Å². The summed E-state index contributed by atoms with van der Waals surface area (Å²) in [6, 6.07) is 7.29. The summed E-state index contributed by atoms with van der Waals surface area (Å²) >= 11 is 0. The zero-order valence-corrected chi connectivity index (χ0v) is 9.48. The maximum Gasteiger partial charge on any atom is 0.167 e. The minimum atomic E-state index is 0.00777. The molecule has 16 heavy (non-hydrogen) atoms. The molecule has 1 aromatic carbocycles. The molecule has 1 aliphatic rings. The van der Waals surface area contributed by atoms with Crippen LogP contribution in [0.15, 0.2) is 24.3 Å². The maximum atomic E-state index is 12.1. The number of ether oxygens (including phenoxy) is 1. The van der Waals surface area contributed by atoms with E-state index in [-0.39, 0.29) is 17.7 Å². The molecule has 1 fully saturated rings. The zero-order chi connectivity index (χ0) is 11.5. The first-order valence-electron chi connectivity index (χ1n) is 5.66. The second-order valence-corrected chi connectivity index (χ2v) is 4.29. The number of hydrogen-bond donors (Lipinski definition) is 1. The average Bonchev–Trinajstić information content (AvgIpc) is 2.75. The number of hydrogen-bond acceptors (Lipinski definition) is 3. The summed E-state index contributed by atoms with van der Waals surface area (Å²) in [5.74, 6) is 0.952. The number of methoxy groups -OCH3 is 1. The maximum absolute atomic E-state index is 12.1. The fourth-order valence-electron chi connectivity index (χ4n) is 2.28. The van der Waals surface area contributed by atoms with Gasteiger partial charge in [0.25, 0.3) is 0 Å². The van der Waals surface area contributed by atoms with Crippen LogP contribution >= 0.6 is 0 Å². The lowest BCUT2D eigenvalue weighted by Gasteiger charge is -2.13. The molecule has 1 aromatic rings. The molecular weight excluding hydrogens is 202 g/mol. The van der Waals surface area contributed by atoms with Crippen molar-refractivity contribution < 1.29 is 9.53 Å². The summed E-state index contributed by atoms with van der Waals surface area (Å²) in [5.41, 5.74) is 6.67. The van der Waals surface area contributed by atoms with Gasteiger partial charge in [-0.25, -0.2) is 0 Å². The van der Waals surface area contributed by atoms with Gasteiger partial charge in [-0.3, -0.25) is 4.79 Å². The Labute approximate surface area is 95.6 Å². The van der Waals surface area contributed by atoms with E-state index < -0.39 is 0 Å². The van der Waals surface area contributed by atoms with Crippen LogP contribution in [-0.4, -0.2) is 18.9 Å². The molecule has 3 nitrogen and oxygen atoms in total. The molecule has 0 spiro atoms. The topological polar surface area (TPSA) is 52.3 Å². The van der Waals surface area contributed by atoms with Crippen LogP contribution in [0.2, 0.25) is 0 Å². The number of nitrogens with two attached hydrogens (primary N) is 1. The number of Topliss-reactive ketones (excluding diaryl/α,β-unsaturated/α-hetero) is 1. The third kappa shape index (κ3) is 2.09. The first-order chi connectivity index (χ1) is 7.72. The van der Waals surface area contributed by atoms with E-state index in [0.29, 0.717) is 0 Å². The lowest BCUT2D eigenvalue weighted by atomic mass is 9.93. The van der Waals surface area contributed by atoms with Gasteiger partial charge in [0.2, 0.25) is 0 Å². The van der Waals surface area contributed by atoms with Crippen molar-refractivity contribution in [3.63, 3.8) is 0 Å². The second kappa shape index (κ2) is 4.66. The van der Waals surface area contributed by atoms with Crippen LogP contribution in [0.4, 0.5) is 0 Å². The lowest BCUT2D eigenvalue weighted by Crippen LogP contribution is -2.30. The zero-order valence-electron chi connectivity index (χ0n) is 9.48. The van der Waals surface area contributed by atoms with Gasteiger partial charge in [0, 0.05) is 17.5 Å². The highest BCUT2D eigenvalue weighted by Crippen LogP contribution is 2.27. The fraction of sp³-hybridized carbons (Fsp3) is 0.462. The van der Waals surface area contributed by atoms with Crippen molar-refractivity contribution in [2.75, 3.05) is 7.11 Å². The van der Waals surface area contributed by atoms with Gasteiger partial charge in [-0.2, -0.15) is 0 Å². The van der Waals surface area contributed by atoms with E-state index in [2.05, 4.69) is 0 Å². The van der Waals surface area contributed by atoms with Gasteiger partial charge in [-0.15, -0.1) is 0 Å². The molecule has 3 heteroatoms. The van der Waals surface area contributed by atoms with Crippen LogP contribution in [-0.2, 0) is 0 Å². The van der Waals surface area contributed by atoms with E-state index in [1.165, 1.54) is 0 Å². The predicted molar refractivity (Wildman–Crippen MR) is 62.6 cm³/mol. The highest BCUT2D eigenvalue weighted by molar-refractivity contribution is 5.98. The van der Waals surface area contributed by atoms with Crippen LogP contribution in [0.5, 0.6) is 5.75 Å². The van der Waals surface area contributed by atoms with Crippen molar-refractivity contribution in [3.8, 4) is 5.75 Å². The Morgan fingerprint density at radius 3 is 2.50 bits per heavy atom. The highest BCUT2D eigenvalue weighted by Gasteiger charge is 2.30. The van der Waals surface area contributed by atoms with Crippen molar-refractivity contribution in [2.45, 2.75) is 25.3 Å². The summed E-state index contributed by atoms with van der Waals surface area (Å²) in [4.78, 5) is 12.1. The number of benzene rings is 1. The minimum absolute atomic E-state index is 0.00777. The molecular formula is C13H17NO2. The Hall–Kier alpha value is -1.35. The molecule has 0 bridgehead atoms. The molecule has 1 saturated carbocycles. The number of carbonyl (C=O) groups excluding carboxylic acids is 1. The summed E-state index contributed by atoms with van der Waals surface area (Å²) in [7, 11) is 1.61. The van der Waals surface area contributed by atoms with E-state index in [0.717, 1.165) is 30.6 Å². The standard InChI is InChI=1S/C13H17NO2/c1-16-10-7-5-9(6-8-10)13(15)11-3-2-4-12(11)14/h5-8,11-12H,2-4,14H2,1H3. The van der Waals surface area contributed by atoms with Gasteiger partial charge in [0.1, 0.15) is 5.75 Å². The molecule has 86 valence electrons. The Balaban J connectivity index is 2.14. The third-order valence-corrected chi connectivity index (χ3v) is 3.28. The van der Waals surface area contributed by atoms with Crippen molar-refractivity contribution in [1.29, 1.82) is 0 Å². The van der Waals surface area contributed by atoms with Gasteiger partial charge < -0.3 is 10.5 Å². The van der Waals surface area contributed by atoms with Crippen LogP contribution in [0.3, 0.4) is 0 Å². The molecule has 0 aliphatic heterocycles. The largest absolute Gasteiger partial charge is 0.497 e. The molecule has 0 radical (unpaired) electrons. The first kappa shape index (κ1) is 11.1. The number of ketones is 1. The quantitative estimate of drug-likeness (QED) is 0.791. The molecule has 2 unspecified atom stereocenters. The van der Waals surface area contributed by atoms with Gasteiger partial charge in [0.15, 0.2) is 5.78 Å². The van der Waals surface area contributed by atoms with Crippen LogP contribution in [0, 0.1) is 5.92 Å². The SMILES string of the molecule is COc1ccc(C(=O)C2CCCC2N)cc1.